The van der Waals surface area contributed by atoms with Crippen LogP contribution in [0.1, 0.15) is 21.7 Å². The zero-order valence-electron chi connectivity index (χ0n) is 10.4. The highest BCUT2D eigenvalue weighted by Gasteiger charge is 2.11. The molecule has 0 atom stereocenters. The van der Waals surface area contributed by atoms with E-state index < -0.39 is 0 Å². The number of carbonyl (C=O) groups is 1. The molecule has 1 aromatic carbocycles. The summed E-state index contributed by atoms with van der Waals surface area (Å²) in [7, 11) is 0. The number of pyridine rings is 1. The van der Waals surface area contributed by atoms with E-state index in [1.807, 2.05) is 41.8 Å². The Morgan fingerprint density at radius 3 is 2.84 bits per heavy atom. The number of aryl methyl sites for hydroxylation is 1. The third kappa shape index (κ3) is 2.56. The van der Waals surface area contributed by atoms with E-state index in [0.717, 1.165) is 22.9 Å². The fraction of sp³-hybridized carbons (Fsp3) is 0.125. The van der Waals surface area contributed by atoms with Crippen LogP contribution in [0.4, 0.5) is 0 Å². The van der Waals surface area contributed by atoms with Crippen LogP contribution >= 0.6 is 11.3 Å². The first-order valence-electron chi connectivity index (χ1n) is 6.24. The highest BCUT2D eigenvalue weighted by molar-refractivity contribution is 7.09. The minimum Gasteiger partial charge on any atom is -0.294 e. The van der Waals surface area contributed by atoms with Crippen LogP contribution in [0.5, 0.6) is 0 Å². The molecule has 0 aliphatic rings. The van der Waals surface area contributed by atoms with Crippen molar-refractivity contribution in [3.63, 3.8) is 0 Å². The highest BCUT2D eigenvalue weighted by atomic mass is 32.1. The van der Waals surface area contributed by atoms with Crippen LogP contribution in [0.15, 0.2) is 54.0 Å². The number of hydrogen-bond donors (Lipinski definition) is 0. The second-order valence-electron chi connectivity index (χ2n) is 4.38. The third-order valence-electron chi connectivity index (χ3n) is 3.11. The van der Waals surface area contributed by atoms with Gasteiger partial charge in [0.05, 0.1) is 5.52 Å². The maximum atomic E-state index is 12.3. The van der Waals surface area contributed by atoms with E-state index in [2.05, 4.69) is 11.1 Å². The molecule has 3 heteroatoms. The van der Waals surface area contributed by atoms with E-state index in [1.165, 1.54) is 4.88 Å². The van der Waals surface area contributed by atoms with Gasteiger partial charge in [0.2, 0.25) is 0 Å². The number of thiophene rings is 1. The molecule has 0 saturated carbocycles. The lowest BCUT2D eigenvalue weighted by atomic mass is 10.0. The maximum absolute atomic E-state index is 12.3. The van der Waals surface area contributed by atoms with Crippen molar-refractivity contribution >= 4 is 28.0 Å². The van der Waals surface area contributed by atoms with E-state index in [4.69, 9.17) is 0 Å². The molecular weight excluding hydrogens is 254 g/mol. The smallest absolute Gasteiger partial charge is 0.165 e. The number of Topliss-reactive ketones (excluding diaryl/α,β-unsaturated/α-hetero) is 1. The zero-order chi connectivity index (χ0) is 13.1. The number of rotatable bonds is 4. The van der Waals surface area contributed by atoms with Crippen molar-refractivity contribution in [1.82, 2.24) is 4.98 Å². The van der Waals surface area contributed by atoms with Gasteiger partial charge in [-0.25, -0.2) is 0 Å². The summed E-state index contributed by atoms with van der Waals surface area (Å²) in [6, 6.07) is 13.7. The lowest BCUT2D eigenvalue weighted by molar-refractivity contribution is 0.0984. The summed E-state index contributed by atoms with van der Waals surface area (Å²) >= 11 is 1.70. The van der Waals surface area contributed by atoms with E-state index in [1.54, 1.807) is 17.5 Å². The van der Waals surface area contributed by atoms with Crippen molar-refractivity contribution in [1.29, 1.82) is 0 Å². The Morgan fingerprint density at radius 2 is 2.00 bits per heavy atom. The first-order valence-corrected chi connectivity index (χ1v) is 7.12. The molecule has 0 radical (unpaired) electrons. The van der Waals surface area contributed by atoms with Crippen LogP contribution in [-0.2, 0) is 6.42 Å². The molecule has 0 N–H and O–H groups in total. The lowest BCUT2D eigenvalue weighted by Crippen LogP contribution is -2.02. The number of benzene rings is 1. The van der Waals surface area contributed by atoms with Gasteiger partial charge in [-0.05, 0) is 30.0 Å². The Bertz CT molecular complexity index is 698. The molecule has 2 aromatic heterocycles. The predicted molar refractivity (Wildman–Crippen MR) is 78.7 cm³/mol. The Morgan fingerprint density at radius 1 is 1.11 bits per heavy atom. The van der Waals surface area contributed by atoms with Gasteiger partial charge in [-0.15, -0.1) is 11.3 Å². The quantitative estimate of drug-likeness (QED) is 0.666. The largest absolute Gasteiger partial charge is 0.294 e. The van der Waals surface area contributed by atoms with Crippen LogP contribution in [-0.4, -0.2) is 10.8 Å². The van der Waals surface area contributed by atoms with Gasteiger partial charge >= 0.3 is 0 Å². The lowest BCUT2D eigenvalue weighted by Gasteiger charge is -2.04. The van der Waals surface area contributed by atoms with Gasteiger partial charge in [0.25, 0.3) is 0 Å². The monoisotopic (exact) mass is 267 g/mol. The van der Waals surface area contributed by atoms with Crippen molar-refractivity contribution in [2.75, 3.05) is 0 Å². The summed E-state index contributed by atoms with van der Waals surface area (Å²) in [4.78, 5) is 17.9. The number of nitrogens with zero attached hydrogens (tertiary/aromatic N) is 1. The van der Waals surface area contributed by atoms with E-state index in [-0.39, 0.29) is 5.78 Å². The molecule has 0 spiro atoms. The number of aromatic nitrogens is 1. The van der Waals surface area contributed by atoms with E-state index in [0.29, 0.717) is 6.42 Å². The Labute approximate surface area is 115 Å². The van der Waals surface area contributed by atoms with Crippen molar-refractivity contribution in [2.45, 2.75) is 12.8 Å². The second kappa shape index (κ2) is 5.33. The molecule has 3 aromatic rings. The standard InChI is InChI=1S/C16H13NOS/c18-15(9-8-13-6-3-11-19-13)14-7-1-4-12-5-2-10-17-16(12)14/h1-7,10-11H,8-9H2. The molecule has 0 unspecified atom stereocenters. The fourth-order valence-electron chi connectivity index (χ4n) is 2.16. The van der Waals surface area contributed by atoms with Crippen LogP contribution < -0.4 is 0 Å². The average molecular weight is 267 g/mol. The van der Waals surface area contributed by atoms with E-state index in [9.17, 15) is 4.79 Å². The van der Waals surface area contributed by atoms with Gasteiger partial charge in [-0.3, -0.25) is 9.78 Å². The normalized spacial score (nSPS) is 10.7. The number of ketones is 1. The van der Waals surface area contributed by atoms with Gasteiger partial charge in [0.15, 0.2) is 5.78 Å². The summed E-state index contributed by atoms with van der Waals surface area (Å²) in [5.41, 5.74) is 1.54. The van der Waals surface area contributed by atoms with Gasteiger partial charge in [-0.1, -0.05) is 24.3 Å². The summed E-state index contributed by atoms with van der Waals surface area (Å²) in [6.45, 7) is 0. The molecule has 2 heterocycles. The number of carbonyl (C=O) groups excluding carboxylic acids is 1. The SMILES string of the molecule is O=C(CCc1cccs1)c1cccc2cccnc12. The van der Waals surface area contributed by atoms with Gasteiger partial charge in [0, 0.05) is 28.4 Å². The Kier molecular flexibility index (Phi) is 3.38. The van der Waals surface area contributed by atoms with Crippen molar-refractivity contribution in [3.8, 4) is 0 Å². The molecule has 0 aliphatic carbocycles. The average Bonchev–Trinajstić information content (AvgIpc) is 2.97. The Balaban J connectivity index is 1.85. The molecule has 19 heavy (non-hydrogen) atoms. The van der Waals surface area contributed by atoms with Gasteiger partial charge < -0.3 is 0 Å². The first-order chi connectivity index (χ1) is 9.34. The van der Waals surface area contributed by atoms with Gasteiger partial charge in [-0.2, -0.15) is 0 Å². The minimum absolute atomic E-state index is 0.165. The van der Waals surface area contributed by atoms with Crippen molar-refractivity contribution in [3.05, 3.63) is 64.5 Å². The highest BCUT2D eigenvalue weighted by Crippen LogP contribution is 2.19. The first kappa shape index (κ1) is 12.1. The van der Waals surface area contributed by atoms with E-state index >= 15 is 0 Å². The molecule has 0 saturated heterocycles. The number of fused-ring (bicyclic) bond motifs is 1. The second-order valence-corrected chi connectivity index (χ2v) is 5.42. The molecule has 0 fully saturated rings. The minimum atomic E-state index is 0.165. The number of para-hydroxylation sites is 1. The molecule has 3 rings (SSSR count). The molecular formula is C16H13NOS. The maximum Gasteiger partial charge on any atom is 0.165 e. The summed E-state index contributed by atoms with van der Waals surface area (Å²) in [5, 5.41) is 3.06. The molecule has 2 nitrogen and oxygen atoms in total. The summed E-state index contributed by atoms with van der Waals surface area (Å²) < 4.78 is 0. The van der Waals surface area contributed by atoms with Crippen LogP contribution in [0.2, 0.25) is 0 Å². The Hall–Kier alpha value is -2.00. The van der Waals surface area contributed by atoms with Crippen LogP contribution in [0.3, 0.4) is 0 Å². The van der Waals surface area contributed by atoms with Crippen LogP contribution in [0, 0.1) is 0 Å². The predicted octanol–water partition coefficient (Wildman–Crippen LogP) is 4.11. The molecule has 0 amide bonds. The third-order valence-corrected chi connectivity index (χ3v) is 4.05. The van der Waals surface area contributed by atoms with Crippen LogP contribution in [0.25, 0.3) is 10.9 Å². The zero-order valence-corrected chi connectivity index (χ0v) is 11.2. The van der Waals surface area contributed by atoms with Crippen molar-refractivity contribution in [2.24, 2.45) is 0 Å². The van der Waals surface area contributed by atoms with Gasteiger partial charge in [0.1, 0.15) is 0 Å². The van der Waals surface area contributed by atoms with Crippen molar-refractivity contribution < 1.29 is 4.79 Å². The molecule has 0 aliphatic heterocycles. The topological polar surface area (TPSA) is 30.0 Å². The summed E-state index contributed by atoms with van der Waals surface area (Å²) in [5.74, 6) is 0.165. The molecule has 0 bridgehead atoms. The summed E-state index contributed by atoms with van der Waals surface area (Å²) in [6.07, 6.45) is 3.08. The molecule has 94 valence electrons. The number of hydrogen-bond acceptors (Lipinski definition) is 3. The fourth-order valence-corrected chi connectivity index (χ4v) is 2.86.